The van der Waals surface area contributed by atoms with Crippen LogP contribution in [-0.4, -0.2) is 11.3 Å². The first-order chi connectivity index (χ1) is 8.20. The monoisotopic (exact) mass is 283 g/mol. The molecule has 2 rings (SSSR count). The lowest BCUT2D eigenvalue weighted by atomic mass is 10.3. The van der Waals surface area contributed by atoms with E-state index in [1.807, 2.05) is 6.07 Å². The average molecular weight is 284 g/mol. The smallest absolute Gasteiger partial charge is 0.152 e. The molecule has 1 heterocycles. The van der Waals surface area contributed by atoms with E-state index in [9.17, 15) is 4.79 Å². The summed E-state index contributed by atoms with van der Waals surface area (Å²) in [7, 11) is 0. The van der Waals surface area contributed by atoms with Gasteiger partial charge in [0, 0.05) is 16.7 Å². The van der Waals surface area contributed by atoms with E-state index in [2.05, 4.69) is 4.98 Å². The quantitative estimate of drug-likeness (QED) is 0.785. The van der Waals surface area contributed by atoms with Crippen molar-refractivity contribution in [2.75, 3.05) is 0 Å². The fourth-order valence-electron chi connectivity index (χ4n) is 1.23. The number of benzene rings is 1. The third-order valence-corrected chi connectivity index (χ3v) is 3.80. The van der Waals surface area contributed by atoms with Crippen LogP contribution >= 0.6 is 35.0 Å². The molecule has 0 saturated carbocycles. The van der Waals surface area contributed by atoms with Gasteiger partial charge in [-0.2, -0.15) is 0 Å². The molecule has 2 nitrogen and oxygen atoms in total. The zero-order chi connectivity index (χ0) is 12.3. The fraction of sp³-hybridized carbons (Fsp3) is 0. The molecule has 5 heteroatoms. The summed E-state index contributed by atoms with van der Waals surface area (Å²) >= 11 is 13.1. The lowest BCUT2D eigenvalue weighted by molar-refractivity contribution is 0.112. The van der Waals surface area contributed by atoms with Crippen molar-refractivity contribution in [2.45, 2.75) is 9.92 Å². The predicted octanol–water partition coefficient (Wildman–Crippen LogP) is 4.35. The summed E-state index contributed by atoms with van der Waals surface area (Å²) in [5.74, 6) is 0. The second kappa shape index (κ2) is 5.54. The number of carbonyl (C=O) groups excluding carboxylic acids is 1. The van der Waals surface area contributed by atoms with Crippen molar-refractivity contribution < 1.29 is 4.79 Å². The lowest BCUT2D eigenvalue weighted by Gasteiger charge is -2.04. The fourth-order valence-corrected chi connectivity index (χ4v) is 2.48. The minimum absolute atomic E-state index is 0.486. The number of carbonyl (C=O) groups is 1. The Hall–Kier alpha value is -1.03. The van der Waals surface area contributed by atoms with E-state index in [4.69, 9.17) is 23.2 Å². The normalized spacial score (nSPS) is 10.2. The maximum atomic E-state index is 10.8. The third-order valence-electron chi connectivity index (χ3n) is 2.03. The molecule has 1 aromatic carbocycles. The van der Waals surface area contributed by atoms with Crippen LogP contribution in [0.4, 0.5) is 0 Å². The van der Waals surface area contributed by atoms with E-state index < -0.39 is 0 Å². The van der Waals surface area contributed by atoms with E-state index >= 15 is 0 Å². The van der Waals surface area contributed by atoms with Gasteiger partial charge in [0.1, 0.15) is 5.03 Å². The first kappa shape index (κ1) is 12.4. The highest BCUT2D eigenvalue weighted by atomic mass is 35.5. The Kier molecular flexibility index (Phi) is 4.05. The topological polar surface area (TPSA) is 30.0 Å². The van der Waals surface area contributed by atoms with Gasteiger partial charge in [0.15, 0.2) is 6.29 Å². The molecule has 2 aromatic rings. The van der Waals surface area contributed by atoms with E-state index in [-0.39, 0.29) is 0 Å². The molecule has 0 saturated heterocycles. The van der Waals surface area contributed by atoms with E-state index in [0.29, 0.717) is 20.6 Å². The molecule has 0 radical (unpaired) electrons. The van der Waals surface area contributed by atoms with Crippen molar-refractivity contribution in [2.24, 2.45) is 0 Å². The van der Waals surface area contributed by atoms with Crippen LogP contribution in [0, 0.1) is 0 Å². The number of nitrogens with zero attached hydrogens (tertiary/aromatic N) is 1. The minimum Gasteiger partial charge on any atom is -0.298 e. The number of aromatic nitrogens is 1. The van der Waals surface area contributed by atoms with Crippen LogP contribution in [0.1, 0.15) is 10.4 Å². The van der Waals surface area contributed by atoms with Gasteiger partial charge in [0.25, 0.3) is 0 Å². The van der Waals surface area contributed by atoms with E-state index in [0.717, 1.165) is 11.2 Å². The molecule has 0 aliphatic carbocycles. The SMILES string of the molecule is O=Cc1cccnc1Sc1ccc(Cl)c(Cl)c1. The molecule has 0 fully saturated rings. The summed E-state index contributed by atoms with van der Waals surface area (Å²) in [6.45, 7) is 0. The van der Waals surface area contributed by atoms with Gasteiger partial charge in [-0.25, -0.2) is 4.98 Å². The number of rotatable bonds is 3. The summed E-state index contributed by atoms with van der Waals surface area (Å²) in [5.41, 5.74) is 0.559. The Morgan fingerprint density at radius 2 is 2.00 bits per heavy atom. The number of halogens is 2. The first-order valence-electron chi connectivity index (χ1n) is 4.74. The molecule has 17 heavy (non-hydrogen) atoms. The van der Waals surface area contributed by atoms with E-state index in [1.165, 1.54) is 11.8 Å². The van der Waals surface area contributed by atoms with Crippen LogP contribution < -0.4 is 0 Å². The maximum absolute atomic E-state index is 10.8. The zero-order valence-corrected chi connectivity index (χ0v) is 10.9. The molecule has 0 spiro atoms. The van der Waals surface area contributed by atoms with Crippen molar-refractivity contribution in [3.05, 3.63) is 52.1 Å². The van der Waals surface area contributed by atoms with Crippen LogP contribution in [0.2, 0.25) is 10.0 Å². The first-order valence-corrected chi connectivity index (χ1v) is 6.31. The second-order valence-electron chi connectivity index (χ2n) is 3.19. The van der Waals surface area contributed by atoms with Crippen molar-refractivity contribution >= 4 is 41.2 Å². The van der Waals surface area contributed by atoms with Crippen LogP contribution in [0.5, 0.6) is 0 Å². The standard InChI is InChI=1S/C12H7Cl2NOS/c13-10-4-3-9(6-11(10)14)17-12-8(7-16)2-1-5-15-12/h1-7H. The van der Waals surface area contributed by atoms with Gasteiger partial charge in [-0.05, 0) is 30.3 Å². The molecule has 86 valence electrons. The molecule has 0 bridgehead atoms. The van der Waals surface area contributed by atoms with Crippen LogP contribution in [0.25, 0.3) is 0 Å². The Labute approximate surface area is 113 Å². The molecule has 0 amide bonds. The second-order valence-corrected chi connectivity index (χ2v) is 5.07. The molecule has 0 atom stereocenters. The molecule has 1 aromatic heterocycles. The molecule has 0 aliphatic heterocycles. The highest BCUT2D eigenvalue weighted by Crippen LogP contribution is 2.32. The summed E-state index contributed by atoms with van der Waals surface area (Å²) in [5, 5.41) is 1.65. The largest absolute Gasteiger partial charge is 0.298 e. The number of hydrogen-bond acceptors (Lipinski definition) is 3. The Morgan fingerprint density at radius 1 is 1.18 bits per heavy atom. The summed E-state index contributed by atoms with van der Waals surface area (Å²) < 4.78 is 0. The number of hydrogen-bond donors (Lipinski definition) is 0. The molecular formula is C12H7Cl2NOS. The zero-order valence-electron chi connectivity index (χ0n) is 8.56. The summed E-state index contributed by atoms with van der Waals surface area (Å²) in [6, 6.07) is 8.75. The third kappa shape index (κ3) is 3.00. The number of aldehydes is 1. The Balaban J connectivity index is 2.31. The van der Waals surface area contributed by atoms with Crippen molar-refractivity contribution in [1.82, 2.24) is 4.98 Å². The predicted molar refractivity (Wildman–Crippen MR) is 70.2 cm³/mol. The van der Waals surface area contributed by atoms with Gasteiger partial charge < -0.3 is 0 Å². The highest BCUT2D eigenvalue weighted by Gasteiger charge is 2.06. The highest BCUT2D eigenvalue weighted by molar-refractivity contribution is 7.99. The lowest BCUT2D eigenvalue weighted by Crippen LogP contribution is -1.88. The van der Waals surface area contributed by atoms with E-state index in [1.54, 1.807) is 30.5 Å². The summed E-state index contributed by atoms with van der Waals surface area (Å²) in [6.07, 6.45) is 2.43. The van der Waals surface area contributed by atoms with Crippen molar-refractivity contribution in [3.8, 4) is 0 Å². The van der Waals surface area contributed by atoms with Gasteiger partial charge in [-0.15, -0.1) is 0 Å². The average Bonchev–Trinajstić information content (AvgIpc) is 2.34. The number of pyridine rings is 1. The van der Waals surface area contributed by atoms with Crippen molar-refractivity contribution in [1.29, 1.82) is 0 Å². The van der Waals surface area contributed by atoms with Gasteiger partial charge in [-0.3, -0.25) is 4.79 Å². The molecule has 0 N–H and O–H groups in total. The summed E-state index contributed by atoms with van der Waals surface area (Å²) in [4.78, 5) is 15.9. The van der Waals surface area contributed by atoms with Crippen molar-refractivity contribution in [3.63, 3.8) is 0 Å². The molecule has 0 aliphatic rings. The minimum atomic E-state index is 0.486. The molecule has 0 unspecified atom stereocenters. The maximum Gasteiger partial charge on any atom is 0.152 e. The van der Waals surface area contributed by atoms with Crippen LogP contribution in [-0.2, 0) is 0 Å². The Bertz CT molecular complexity index is 560. The van der Waals surface area contributed by atoms with Crippen LogP contribution in [0.15, 0.2) is 46.5 Å². The Morgan fingerprint density at radius 3 is 2.71 bits per heavy atom. The van der Waals surface area contributed by atoms with Gasteiger partial charge >= 0.3 is 0 Å². The van der Waals surface area contributed by atoms with Gasteiger partial charge in [0.2, 0.25) is 0 Å². The van der Waals surface area contributed by atoms with Gasteiger partial charge in [0.05, 0.1) is 10.0 Å². The van der Waals surface area contributed by atoms with Crippen LogP contribution in [0.3, 0.4) is 0 Å². The van der Waals surface area contributed by atoms with Gasteiger partial charge in [-0.1, -0.05) is 35.0 Å². The molecular weight excluding hydrogens is 277 g/mol.